The summed E-state index contributed by atoms with van der Waals surface area (Å²) in [6.45, 7) is 2.43. The van der Waals surface area contributed by atoms with Crippen LogP contribution >= 0.6 is 11.6 Å². The second-order valence-electron chi connectivity index (χ2n) is 4.30. The Balaban J connectivity index is 2.09. The minimum atomic E-state index is -0.564. The van der Waals surface area contributed by atoms with Crippen molar-refractivity contribution in [3.05, 3.63) is 56.6 Å². The summed E-state index contributed by atoms with van der Waals surface area (Å²) in [7, 11) is 0. The molecule has 0 aliphatic heterocycles. The van der Waals surface area contributed by atoms with Gasteiger partial charge >= 0.3 is 5.69 Å². The lowest BCUT2D eigenvalue weighted by Gasteiger charge is -2.07. The summed E-state index contributed by atoms with van der Waals surface area (Å²) in [4.78, 5) is 14.0. The molecule has 0 spiro atoms. The van der Waals surface area contributed by atoms with Crippen LogP contribution in [0.15, 0.2) is 30.3 Å². The number of nitrogen functional groups attached to an aromatic ring is 1. The monoisotopic (exact) mass is 292 g/mol. The molecule has 6 nitrogen and oxygen atoms in total. The largest absolute Gasteiger partial charge is 0.378 e. The number of nitrogens with zero attached hydrogens (tertiary/aromatic N) is 2. The predicted molar refractivity (Wildman–Crippen MR) is 78.8 cm³/mol. The molecule has 7 heteroatoms. The lowest BCUT2D eigenvalue weighted by molar-refractivity contribution is -0.384. The molecule has 1 aromatic heterocycles. The molecule has 2 rings (SSSR count). The van der Waals surface area contributed by atoms with Gasteiger partial charge in [-0.1, -0.05) is 23.7 Å². The average Bonchev–Trinajstić information content (AvgIpc) is 2.40. The molecule has 0 saturated carbocycles. The first-order chi connectivity index (χ1) is 9.47. The number of aryl methyl sites for hydroxylation is 1. The van der Waals surface area contributed by atoms with Crippen molar-refractivity contribution in [2.45, 2.75) is 13.5 Å². The van der Waals surface area contributed by atoms with Crippen molar-refractivity contribution in [3.63, 3.8) is 0 Å². The van der Waals surface area contributed by atoms with Crippen LogP contribution in [0.1, 0.15) is 11.1 Å². The topological polar surface area (TPSA) is 94.1 Å². The van der Waals surface area contributed by atoms with Crippen LogP contribution in [0.3, 0.4) is 0 Å². The number of nitrogens with one attached hydrogen (secondary N) is 1. The zero-order valence-corrected chi connectivity index (χ0v) is 11.5. The van der Waals surface area contributed by atoms with Crippen LogP contribution in [0.2, 0.25) is 5.02 Å². The van der Waals surface area contributed by atoms with Gasteiger partial charge < -0.3 is 11.1 Å². The maximum atomic E-state index is 10.6. The van der Waals surface area contributed by atoms with Gasteiger partial charge in [0.25, 0.3) is 0 Å². The van der Waals surface area contributed by atoms with Gasteiger partial charge in [0.1, 0.15) is 5.82 Å². The summed E-state index contributed by atoms with van der Waals surface area (Å²) in [6, 6.07) is 8.58. The van der Waals surface area contributed by atoms with Gasteiger partial charge in [-0.25, -0.2) is 4.98 Å². The molecule has 0 bridgehead atoms. The van der Waals surface area contributed by atoms with Crippen LogP contribution in [-0.4, -0.2) is 9.91 Å². The van der Waals surface area contributed by atoms with Crippen LogP contribution < -0.4 is 11.1 Å². The van der Waals surface area contributed by atoms with Gasteiger partial charge in [-0.15, -0.1) is 0 Å². The van der Waals surface area contributed by atoms with Crippen LogP contribution in [-0.2, 0) is 6.54 Å². The Kier molecular flexibility index (Phi) is 4.05. The second kappa shape index (κ2) is 5.75. The molecule has 2 aromatic rings. The van der Waals surface area contributed by atoms with E-state index in [9.17, 15) is 10.1 Å². The molecule has 20 heavy (non-hydrogen) atoms. The first-order valence-electron chi connectivity index (χ1n) is 5.87. The number of nitro groups is 1. The molecular formula is C13H13ClN4O2. The van der Waals surface area contributed by atoms with Gasteiger partial charge in [-0.05, 0) is 30.2 Å². The zero-order chi connectivity index (χ0) is 14.7. The Hall–Kier alpha value is -2.34. The molecule has 0 radical (unpaired) electrons. The molecule has 0 aliphatic rings. The third kappa shape index (κ3) is 3.16. The number of hydrogen-bond acceptors (Lipinski definition) is 5. The fourth-order valence-corrected chi connectivity index (χ4v) is 1.86. The highest BCUT2D eigenvalue weighted by Crippen LogP contribution is 2.21. The molecule has 104 valence electrons. The van der Waals surface area contributed by atoms with Gasteiger partial charge in [-0.2, -0.15) is 0 Å². The Labute approximate surface area is 120 Å². The Morgan fingerprint density at radius 3 is 2.75 bits per heavy atom. The molecule has 0 amide bonds. The maximum Gasteiger partial charge on any atom is 0.311 e. The van der Waals surface area contributed by atoms with Gasteiger partial charge in [-0.3, -0.25) is 10.1 Å². The second-order valence-corrected chi connectivity index (χ2v) is 4.70. The van der Waals surface area contributed by atoms with Gasteiger partial charge in [0.15, 0.2) is 0 Å². The lowest BCUT2D eigenvalue weighted by atomic mass is 10.1. The SMILES string of the molecule is Cc1ccc(CNc2ccc([N+](=O)[O-])c(N)n2)cc1Cl. The van der Waals surface area contributed by atoms with E-state index < -0.39 is 4.92 Å². The fourth-order valence-electron chi connectivity index (χ4n) is 1.66. The first kappa shape index (κ1) is 14.1. The summed E-state index contributed by atoms with van der Waals surface area (Å²) in [6.07, 6.45) is 0. The molecule has 0 fully saturated rings. The molecule has 1 heterocycles. The predicted octanol–water partition coefficient (Wildman–Crippen LogP) is 3.15. The number of halogens is 1. The van der Waals surface area contributed by atoms with Crippen LogP contribution in [0, 0.1) is 17.0 Å². The van der Waals surface area contributed by atoms with E-state index in [4.69, 9.17) is 17.3 Å². The molecule has 0 aliphatic carbocycles. The number of nitrogens with two attached hydrogens (primary N) is 1. The van der Waals surface area contributed by atoms with E-state index in [-0.39, 0.29) is 11.5 Å². The normalized spacial score (nSPS) is 10.3. The van der Waals surface area contributed by atoms with E-state index in [2.05, 4.69) is 10.3 Å². The minimum absolute atomic E-state index is 0.109. The quantitative estimate of drug-likeness (QED) is 0.667. The van der Waals surface area contributed by atoms with Crippen molar-refractivity contribution in [1.29, 1.82) is 0 Å². The highest BCUT2D eigenvalue weighted by Gasteiger charge is 2.12. The lowest BCUT2D eigenvalue weighted by Crippen LogP contribution is -2.05. The molecule has 0 atom stereocenters. The third-order valence-corrected chi connectivity index (χ3v) is 3.22. The van der Waals surface area contributed by atoms with Crippen molar-refractivity contribution < 1.29 is 4.92 Å². The summed E-state index contributed by atoms with van der Waals surface area (Å²) in [5, 5.41) is 14.4. The molecule has 1 aromatic carbocycles. The van der Waals surface area contributed by atoms with Crippen LogP contribution in [0.5, 0.6) is 0 Å². The van der Waals surface area contributed by atoms with Crippen molar-refractivity contribution in [3.8, 4) is 0 Å². The van der Waals surface area contributed by atoms with E-state index in [1.165, 1.54) is 12.1 Å². The summed E-state index contributed by atoms with van der Waals surface area (Å²) in [5.41, 5.74) is 7.31. The average molecular weight is 293 g/mol. The number of anilines is 2. The zero-order valence-electron chi connectivity index (χ0n) is 10.8. The van der Waals surface area contributed by atoms with E-state index in [0.29, 0.717) is 17.4 Å². The van der Waals surface area contributed by atoms with Gasteiger partial charge in [0, 0.05) is 17.6 Å². The number of rotatable bonds is 4. The summed E-state index contributed by atoms with van der Waals surface area (Å²) in [5.74, 6) is 0.367. The van der Waals surface area contributed by atoms with Gasteiger partial charge in [0.2, 0.25) is 5.82 Å². The summed E-state index contributed by atoms with van der Waals surface area (Å²) >= 11 is 6.04. The summed E-state index contributed by atoms with van der Waals surface area (Å²) < 4.78 is 0. The fraction of sp³-hybridized carbons (Fsp3) is 0.154. The highest BCUT2D eigenvalue weighted by atomic mass is 35.5. The van der Waals surface area contributed by atoms with E-state index in [1.54, 1.807) is 0 Å². The maximum absolute atomic E-state index is 10.6. The highest BCUT2D eigenvalue weighted by molar-refractivity contribution is 6.31. The molecule has 0 unspecified atom stereocenters. The van der Waals surface area contributed by atoms with E-state index in [1.807, 2.05) is 25.1 Å². The third-order valence-electron chi connectivity index (χ3n) is 2.81. The van der Waals surface area contributed by atoms with Crippen LogP contribution in [0.25, 0.3) is 0 Å². The molecular weight excluding hydrogens is 280 g/mol. The number of hydrogen-bond donors (Lipinski definition) is 2. The van der Waals surface area contributed by atoms with E-state index >= 15 is 0 Å². The number of pyridine rings is 1. The number of aromatic nitrogens is 1. The Morgan fingerprint density at radius 1 is 1.40 bits per heavy atom. The Bertz CT molecular complexity index is 661. The smallest absolute Gasteiger partial charge is 0.311 e. The van der Waals surface area contributed by atoms with Crippen molar-refractivity contribution in [2.24, 2.45) is 0 Å². The van der Waals surface area contributed by atoms with Crippen molar-refractivity contribution in [2.75, 3.05) is 11.1 Å². The first-order valence-corrected chi connectivity index (χ1v) is 6.25. The van der Waals surface area contributed by atoms with Crippen molar-refractivity contribution >= 4 is 28.9 Å². The Morgan fingerprint density at radius 2 is 2.15 bits per heavy atom. The molecule has 3 N–H and O–H groups in total. The molecule has 0 saturated heterocycles. The number of benzene rings is 1. The standard InChI is InChI=1S/C13H13ClN4O2/c1-8-2-3-9(6-10(8)14)7-16-12-5-4-11(18(19)20)13(15)17-12/h2-6H,7H2,1H3,(H3,15,16,17). The van der Waals surface area contributed by atoms with E-state index in [0.717, 1.165) is 11.1 Å². The van der Waals surface area contributed by atoms with Crippen LogP contribution in [0.4, 0.5) is 17.3 Å². The minimum Gasteiger partial charge on any atom is -0.378 e. The van der Waals surface area contributed by atoms with Gasteiger partial charge in [0.05, 0.1) is 4.92 Å². The van der Waals surface area contributed by atoms with Crippen molar-refractivity contribution in [1.82, 2.24) is 4.98 Å².